The van der Waals surface area contributed by atoms with Crippen LogP contribution in [0.5, 0.6) is 0 Å². The van der Waals surface area contributed by atoms with E-state index in [0.29, 0.717) is 12.1 Å². The number of aliphatic hydroxyl groups is 1. The number of carbonyl (C=O) groups is 1. The van der Waals surface area contributed by atoms with Crippen LogP contribution >= 0.6 is 0 Å². The number of hydrogen-bond donors (Lipinski definition) is 2. The van der Waals surface area contributed by atoms with Gasteiger partial charge in [0.05, 0.1) is 12.6 Å². The molecule has 0 aromatic carbocycles. The van der Waals surface area contributed by atoms with E-state index in [-0.39, 0.29) is 18.6 Å². The fourth-order valence-corrected chi connectivity index (χ4v) is 2.29. The largest absolute Gasteiger partial charge is 0.395 e. The van der Waals surface area contributed by atoms with Gasteiger partial charge < -0.3 is 15.3 Å². The molecule has 0 aliphatic carbocycles. The lowest BCUT2D eigenvalue weighted by Crippen LogP contribution is -2.28. The highest BCUT2D eigenvalue weighted by Gasteiger charge is 2.15. The molecule has 0 spiro atoms. The molecule has 6 heteroatoms. The Labute approximate surface area is 136 Å². The van der Waals surface area contributed by atoms with E-state index in [9.17, 15) is 4.79 Å². The monoisotopic (exact) mass is 314 g/mol. The van der Waals surface area contributed by atoms with Crippen molar-refractivity contribution < 1.29 is 9.90 Å². The number of likely N-dealkylation sites (N-methyl/N-ethyl adjacent to an activating group) is 1. The van der Waals surface area contributed by atoms with E-state index < -0.39 is 0 Å². The molecular weight excluding hydrogens is 292 g/mol. The van der Waals surface area contributed by atoms with Crippen molar-refractivity contribution in [3.8, 4) is 0 Å². The number of nitrogens with zero attached hydrogens (tertiary/aromatic N) is 3. The summed E-state index contributed by atoms with van der Waals surface area (Å²) in [5.74, 6) is 0.648. The van der Waals surface area contributed by atoms with Crippen LogP contribution in [0.2, 0.25) is 0 Å². The van der Waals surface area contributed by atoms with Crippen LogP contribution in [0.4, 0.5) is 5.82 Å². The molecule has 2 aromatic heterocycles. The maximum absolute atomic E-state index is 12.3. The highest BCUT2D eigenvalue weighted by atomic mass is 16.3. The first-order valence-electron chi connectivity index (χ1n) is 7.64. The van der Waals surface area contributed by atoms with Crippen LogP contribution in [0, 0.1) is 0 Å². The summed E-state index contributed by atoms with van der Waals surface area (Å²) in [6.45, 7) is 2.60. The number of amides is 1. The number of pyridine rings is 2. The van der Waals surface area contributed by atoms with Crippen molar-refractivity contribution in [1.82, 2.24) is 15.3 Å². The van der Waals surface area contributed by atoms with Gasteiger partial charge in [-0.3, -0.25) is 9.78 Å². The molecule has 0 bridgehead atoms. The van der Waals surface area contributed by atoms with Gasteiger partial charge in [-0.05, 0) is 36.2 Å². The van der Waals surface area contributed by atoms with Gasteiger partial charge in [0.25, 0.3) is 5.91 Å². The van der Waals surface area contributed by atoms with Crippen LogP contribution in [0.1, 0.15) is 35.3 Å². The fraction of sp³-hybridized carbons (Fsp3) is 0.353. The third-order valence-corrected chi connectivity index (χ3v) is 3.65. The molecule has 2 N–H and O–H groups in total. The lowest BCUT2D eigenvalue weighted by atomic mass is 10.0. The number of nitrogens with one attached hydrogen (secondary N) is 1. The van der Waals surface area contributed by atoms with Crippen molar-refractivity contribution in [3.05, 3.63) is 54.0 Å². The minimum absolute atomic E-state index is 0.0678. The first-order valence-corrected chi connectivity index (χ1v) is 7.64. The summed E-state index contributed by atoms with van der Waals surface area (Å²) in [5, 5.41) is 12.1. The van der Waals surface area contributed by atoms with Gasteiger partial charge in [-0.2, -0.15) is 0 Å². The fourth-order valence-electron chi connectivity index (χ4n) is 2.29. The zero-order valence-corrected chi connectivity index (χ0v) is 13.4. The Bertz CT molecular complexity index is 634. The Balaban J connectivity index is 2.14. The Hall–Kier alpha value is -2.47. The molecule has 2 rings (SSSR count). The standard InChI is InChI=1S/C17H22N4O2/c1-3-15(20-17(23)13-4-7-18-8-5-13)14-6-9-19-16(12-14)21(2)10-11-22/h4-9,12,15,22H,3,10-11H2,1-2H3,(H,20,23)/t15-/m0/s1. The van der Waals surface area contributed by atoms with Crippen LogP contribution in [0.25, 0.3) is 0 Å². The average molecular weight is 314 g/mol. The van der Waals surface area contributed by atoms with Gasteiger partial charge in [0.2, 0.25) is 0 Å². The van der Waals surface area contributed by atoms with Gasteiger partial charge in [0.1, 0.15) is 5.82 Å². The SMILES string of the molecule is CC[C@H](NC(=O)c1ccncc1)c1ccnc(N(C)CCO)c1. The van der Waals surface area contributed by atoms with Gasteiger partial charge in [0.15, 0.2) is 0 Å². The van der Waals surface area contributed by atoms with Crippen molar-refractivity contribution in [2.45, 2.75) is 19.4 Å². The highest BCUT2D eigenvalue weighted by molar-refractivity contribution is 5.94. The van der Waals surface area contributed by atoms with E-state index in [1.54, 1.807) is 30.7 Å². The van der Waals surface area contributed by atoms with Gasteiger partial charge in [-0.15, -0.1) is 0 Å². The van der Waals surface area contributed by atoms with Crippen molar-refractivity contribution in [3.63, 3.8) is 0 Å². The number of anilines is 1. The predicted molar refractivity (Wildman–Crippen MR) is 89.3 cm³/mol. The van der Waals surface area contributed by atoms with Crippen molar-refractivity contribution >= 4 is 11.7 Å². The normalized spacial score (nSPS) is 11.8. The molecule has 0 saturated carbocycles. The summed E-state index contributed by atoms with van der Waals surface area (Å²) in [4.78, 5) is 22.4. The highest BCUT2D eigenvalue weighted by Crippen LogP contribution is 2.20. The zero-order chi connectivity index (χ0) is 16.7. The second-order valence-corrected chi connectivity index (χ2v) is 5.26. The molecule has 0 radical (unpaired) electrons. The van der Waals surface area contributed by atoms with Crippen LogP contribution in [0.3, 0.4) is 0 Å². The zero-order valence-electron chi connectivity index (χ0n) is 13.4. The molecule has 2 heterocycles. The molecule has 0 aliphatic heterocycles. The Morgan fingerprint density at radius 2 is 2.04 bits per heavy atom. The van der Waals surface area contributed by atoms with Gasteiger partial charge in [-0.1, -0.05) is 6.92 Å². The molecule has 0 unspecified atom stereocenters. The summed E-state index contributed by atoms with van der Waals surface area (Å²) in [7, 11) is 1.87. The number of hydrogen-bond acceptors (Lipinski definition) is 5. The maximum Gasteiger partial charge on any atom is 0.251 e. The third kappa shape index (κ3) is 4.50. The van der Waals surface area contributed by atoms with Crippen molar-refractivity contribution in [2.24, 2.45) is 0 Å². The number of rotatable bonds is 7. The Kier molecular flexibility index (Phi) is 6.05. The molecule has 6 nitrogen and oxygen atoms in total. The second-order valence-electron chi connectivity index (χ2n) is 5.26. The first kappa shape index (κ1) is 16.9. The second kappa shape index (κ2) is 8.24. The van der Waals surface area contributed by atoms with Crippen LogP contribution in [0.15, 0.2) is 42.9 Å². The van der Waals surface area contributed by atoms with E-state index in [4.69, 9.17) is 5.11 Å². The number of aliphatic hydroxyl groups excluding tert-OH is 1. The minimum atomic E-state index is -0.124. The van der Waals surface area contributed by atoms with Gasteiger partial charge >= 0.3 is 0 Å². The summed E-state index contributed by atoms with van der Waals surface area (Å²) >= 11 is 0. The Morgan fingerprint density at radius 3 is 2.70 bits per heavy atom. The van der Waals surface area contributed by atoms with E-state index in [0.717, 1.165) is 17.8 Å². The summed E-state index contributed by atoms with van der Waals surface area (Å²) in [6.07, 6.45) is 5.69. The van der Waals surface area contributed by atoms with Crippen LogP contribution < -0.4 is 10.2 Å². The molecule has 2 aromatic rings. The molecule has 0 fully saturated rings. The maximum atomic E-state index is 12.3. The van der Waals surface area contributed by atoms with Crippen molar-refractivity contribution in [1.29, 1.82) is 0 Å². The van der Waals surface area contributed by atoms with Gasteiger partial charge in [0, 0.05) is 37.7 Å². The molecule has 122 valence electrons. The topological polar surface area (TPSA) is 78.4 Å². The van der Waals surface area contributed by atoms with E-state index >= 15 is 0 Å². The molecule has 1 atom stereocenters. The molecule has 0 aliphatic rings. The summed E-state index contributed by atoms with van der Waals surface area (Å²) in [6, 6.07) is 7.12. The number of aromatic nitrogens is 2. The van der Waals surface area contributed by atoms with Crippen LogP contribution in [-0.2, 0) is 0 Å². The summed E-state index contributed by atoms with van der Waals surface area (Å²) < 4.78 is 0. The predicted octanol–water partition coefficient (Wildman–Crippen LogP) is 1.79. The molecule has 0 saturated heterocycles. The molecular formula is C17H22N4O2. The van der Waals surface area contributed by atoms with E-state index in [2.05, 4.69) is 15.3 Å². The van der Waals surface area contributed by atoms with E-state index in [1.807, 2.05) is 31.0 Å². The number of carbonyl (C=O) groups excluding carboxylic acids is 1. The Morgan fingerprint density at radius 1 is 1.30 bits per heavy atom. The lowest BCUT2D eigenvalue weighted by Gasteiger charge is -2.21. The quantitative estimate of drug-likeness (QED) is 0.814. The lowest BCUT2D eigenvalue weighted by molar-refractivity contribution is 0.0935. The molecule has 1 amide bonds. The van der Waals surface area contributed by atoms with Gasteiger partial charge in [-0.25, -0.2) is 4.98 Å². The average Bonchev–Trinajstić information content (AvgIpc) is 2.60. The minimum Gasteiger partial charge on any atom is -0.395 e. The smallest absolute Gasteiger partial charge is 0.251 e. The van der Waals surface area contributed by atoms with E-state index in [1.165, 1.54) is 0 Å². The van der Waals surface area contributed by atoms with Crippen molar-refractivity contribution in [2.75, 3.05) is 25.1 Å². The third-order valence-electron chi connectivity index (χ3n) is 3.65. The first-order chi connectivity index (χ1) is 11.2. The van der Waals surface area contributed by atoms with Crippen LogP contribution in [-0.4, -0.2) is 41.2 Å². The summed E-state index contributed by atoms with van der Waals surface area (Å²) in [5.41, 5.74) is 1.58. The molecule has 23 heavy (non-hydrogen) atoms.